The molecule has 0 unspecified atom stereocenters. The Hall–Kier alpha value is -3.52. The van der Waals surface area contributed by atoms with E-state index in [1.807, 2.05) is 32.9 Å². The van der Waals surface area contributed by atoms with Gasteiger partial charge < -0.3 is 29.0 Å². The zero-order chi connectivity index (χ0) is 26.5. The monoisotopic (exact) mass is 509 g/mol. The molecular formula is C29H35NO7. The molecule has 0 aromatic heterocycles. The molecule has 2 aliphatic heterocycles. The van der Waals surface area contributed by atoms with Gasteiger partial charge in [-0.05, 0) is 68.1 Å². The zero-order valence-electron chi connectivity index (χ0n) is 21.9. The molecule has 2 heterocycles. The first kappa shape index (κ1) is 26.5. The summed E-state index contributed by atoms with van der Waals surface area (Å²) in [4.78, 5) is 28.0. The minimum absolute atomic E-state index is 0.0455. The molecular weight excluding hydrogens is 474 g/mol. The Balaban J connectivity index is 1.81. The van der Waals surface area contributed by atoms with Crippen molar-refractivity contribution in [2.24, 2.45) is 0 Å². The number of Topliss-reactive ketones (excluding diaryl/α,β-unsaturated/α-hetero) is 1. The summed E-state index contributed by atoms with van der Waals surface area (Å²) in [7, 11) is 1.59. The molecule has 0 radical (unpaired) electrons. The molecule has 0 saturated carbocycles. The summed E-state index contributed by atoms with van der Waals surface area (Å²) < 4.78 is 22.6. The zero-order valence-corrected chi connectivity index (χ0v) is 21.9. The second-order valence-electron chi connectivity index (χ2n) is 9.28. The number of likely N-dealkylation sites (tertiary alicyclic amines) is 1. The van der Waals surface area contributed by atoms with Gasteiger partial charge >= 0.3 is 0 Å². The maximum absolute atomic E-state index is 13.3. The smallest absolute Gasteiger partial charge is 0.295 e. The molecule has 1 amide bonds. The number of fused-ring (bicyclic) bond motifs is 1. The average molecular weight is 510 g/mol. The lowest BCUT2D eigenvalue weighted by Gasteiger charge is -2.26. The quantitative estimate of drug-likeness (QED) is 0.204. The Morgan fingerprint density at radius 2 is 1.89 bits per heavy atom. The number of carbonyl (C=O) groups excluding carboxylic acids is 2. The normalized spacial score (nSPS) is 20.2. The van der Waals surface area contributed by atoms with E-state index in [9.17, 15) is 14.7 Å². The van der Waals surface area contributed by atoms with Gasteiger partial charge in [-0.15, -0.1) is 0 Å². The van der Waals surface area contributed by atoms with Gasteiger partial charge in [-0.3, -0.25) is 9.59 Å². The maximum atomic E-state index is 13.3. The van der Waals surface area contributed by atoms with Gasteiger partial charge in [0.15, 0.2) is 11.5 Å². The van der Waals surface area contributed by atoms with Crippen molar-refractivity contribution in [3.8, 4) is 17.2 Å². The van der Waals surface area contributed by atoms with Gasteiger partial charge in [0, 0.05) is 32.2 Å². The number of aliphatic hydroxyl groups is 1. The van der Waals surface area contributed by atoms with E-state index in [4.69, 9.17) is 18.9 Å². The van der Waals surface area contributed by atoms with Crippen molar-refractivity contribution in [1.29, 1.82) is 0 Å². The maximum Gasteiger partial charge on any atom is 0.295 e. The van der Waals surface area contributed by atoms with Crippen LogP contribution in [0.4, 0.5) is 0 Å². The third-order valence-corrected chi connectivity index (χ3v) is 6.50. The van der Waals surface area contributed by atoms with Crippen LogP contribution in [-0.2, 0) is 20.7 Å². The van der Waals surface area contributed by atoms with Gasteiger partial charge in [-0.2, -0.15) is 0 Å². The van der Waals surface area contributed by atoms with Crippen LogP contribution < -0.4 is 14.2 Å². The van der Waals surface area contributed by atoms with Crippen molar-refractivity contribution in [2.45, 2.75) is 52.2 Å². The van der Waals surface area contributed by atoms with Crippen molar-refractivity contribution in [2.75, 3.05) is 33.5 Å². The van der Waals surface area contributed by atoms with Crippen molar-refractivity contribution in [3.05, 3.63) is 58.7 Å². The summed E-state index contributed by atoms with van der Waals surface area (Å²) in [5.41, 5.74) is 2.14. The Morgan fingerprint density at radius 1 is 1.08 bits per heavy atom. The Bertz CT molecular complexity index is 1190. The van der Waals surface area contributed by atoms with Crippen LogP contribution in [0.3, 0.4) is 0 Å². The van der Waals surface area contributed by atoms with Crippen LogP contribution in [0.2, 0.25) is 0 Å². The van der Waals surface area contributed by atoms with Crippen LogP contribution in [0.15, 0.2) is 42.0 Å². The van der Waals surface area contributed by atoms with Gasteiger partial charge in [0.05, 0.1) is 24.8 Å². The molecule has 0 aliphatic carbocycles. The van der Waals surface area contributed by atoms with Crippen molar-refractivity contribution in [1.82, 2.24) is 4.90 Å². The van der Waals surface area contributed by atoms with Crippen LogP contribution in [0.5, 0.6) is 17.2 Å². The summed E-state index contributed by atoms with van der Waals surface area (Å²) >= 11 is 0. The predicted molar refractivity (Wildman–Crippen MR) is 139 cm³/mol. The second kappa shape index (κ2) is 11.7. The topological polar surface area (TPSA) is 94.5 Å². The lowest BCUT2D eigenvalue weighted by Crippen LogP contribution is -2.31. The molecule has 2 atom stereocenters. The number of amides is 1. The molecule has 2 aromatic carbocycles. The molecule has 198 valence electrons. The third kappa shape index (κ3) is 5.44. The summed E-state index contributed by atoms with van der Waals surface area (Å²) in [5.74, 6) is 0.323. The van der Waals surface area contributed by atoms with E-state index < -0.39 is 17.7 Å². The average Bonchev–Trinajstić information content (AvgIpc) is 3.38. The van der Waals surface area contributed by atoms with Crippen molar-refractivity contribution >= 4 is 17.4 Å². The number of aliphatic hydroxyl groups excluding tert-OH is 1. The highest BCUT2D eigenvalue weighted by molar-refractivity contribution is 6.46. The molecule has 8 heteroatoms. The number of methoxy groups -OCH3 is 1. The predicted octanol–water partition coefficient (Wildman–Crippen LogP) is 4.66. The van der Waals surface area contributed by atoms with Crippen LogP contribution in [-0.4, -0.2) is 61.3 Å². The SMILES string of the molecule is CCCOc1ccc([C@H]2C(=C(O)c3ccc4c(c3)C[C@@H](C)O4)C(=O)C(=O)N2CCCOC)cc1OCC. The molecule has 2 aliphatic rings. The molecule has 1 N–H and O–H groups in total. The van der Waals surface area contributed by atoms with Crippen molar-refractivity contribution in [3.63, 3.8) is 0 Å². The summed E-state index contributed by atoms with van der Waals surface area (Å²) in [6.07, 6.45) is 2.15. The Labute approximate surface area is 217 Å². The van der Waals surface area contributed by atoms with Crippen LogP contribution in [0, 0.1) is 0 Å². The number of hydrogen-bond donors (Lipinski definition) is 1. The van der Waals surface area contributed by atoms with Crippen molar-refractivity contribution < 1.29 is 33.6 Å². The van der Waals surface area contributed by atoms with E-state index >= 15 is 0 Å². The minimum Gasteiger partial charge on any atom is -0.507 e. The number of nitrogens with zero attached hydrogens (tertiary/aromatic N) is 1. The second-order valence-corrected chi connectivity index (χ2v) is 9.28. The minimum atomic E-state index is -0.778. The first-order valence-electron chi connectivity index (χ1n) is 12.9. The lowest BCUT2D eigenvalue weighted by molar-refractivity contribution is -0.140. The summed E-state index contributed by atoms with van der Waals surface area (Å²) in [6.45, 7) is 7.58. The van der Waals surface area contributed by atoms with E-state index in [1.54, 1.807) is 31.4 Å². The number of carbonyl (C=O) groups is 2. The van der Waals surface area contributed by atoms with E-state index in [-0.39, 0.29) is 17.4 Å². The first-order chi connectivity index (χ1) is 17.9. The number of ether oxygens (including phenoxy) is 4. The Kier molecular flexibility index (Phi) is 8.38. The van der Waals surface area contributed by atoms with E-state index in [2.05, 4.69) is 0 Å². The molecule has 37 heavy (non-hydrogen) atoms. The molecule has 4 rings (SSSR count). The number of benzene rings is 2. The fourth-order valence-electron chi connectivity index (χ4n) is 4.86. The van der Waals surface area contributed by atoms with Gasteiger partial charge in [0.1, 0.15) is 17.6 Å². The third-order valence-electron chi connectivity index (χ3n) is 6.50. The highest BCUT2D eigenvalue weighted by atomic mass is 16.5. The number of hydrogen-bond acceptors (Lipinski definition) is 7. The van der Waals surface area contributed by atoms with E-state index in [0.717, 1.165) is 17.7 Å². The largest absolute Gasteiger partial charge is 0.507 e. The fourth-order valence-corrected chi connectivity index (χ4v) is 4.86. The van der Waals surface area contributed by atoms with Crippen LogP contribution >= 0.6 is 0 Å². The summed E-state index contributed by atoms with van der Waals surface area (Å²) in [6, 6.07) is 9.97. The molecule has 0 bridgehead atoms. The molecule has 0 spiro atoms. The fraction of sp³-hybridized carbons (Fsp3) is 0.448. The standard InChI is InChI=1S/C29H35NO7/c1-5-13-36-23-11-8-19(17-24(23)35-6-2)26-25(28(32)29(33)30(26)12-7-14-34-4)27(31)20-9-10-22-21(16-20)15-18(3)37-22/h8-11,16-18,26,31H,5-7,12-15H2,1-4H3/t18-,26+/m1/s1. The molecule has 1 fully saturated rings. The van der Waals surface area contributed by atoms with Crippen LogP contribution in [0.25, 0.3) is 5.76 Å². The van der Waals surface area contributed by atoms with Gasteiger partial charge in [0.2, 0.25) is 0 Å². The Morgan fingerprint density at radius 3 is 2.62 bits per heavy atom. The summed E-state index contributed by atoms with van der Waals surface area (Å²) in [5, 5.41) is 11.4. The van der Waals surface area contributed by atoms with Gasteiger partial charge in [0.25, 0.3) is 11.7 Å². The highest BCUT2D eigenvalue weighted by Gasteiger charge is 2.46. The first-order valence-corrected chi connectivity index (χ1v) is 12.9. The highest BCUT2D eigenvalue weighted by Crippen LogP contribution is 2.43. The number of rotatable bonds is 11. The molecule has 8 nitrogen and oxygen atoms in total. The number of ketones is 1. The molecule has 2 aromatic rings. The van der Waals surface area contributed by atoms with E-state index in [1.165, 1.54) is 4.90 Å². The molecule has 1 saturated heterocycles. The van der Waals surface area contributed by atoms with E-state index in [0.29, 0.717) is 61.8 Å². The van der Waals surface area contributed by atoms with Crippen LogP contribution in [0.1, 0.15) is 56.3 Å². The van der Waals surface area contributed by atoms with Gasteiger partial charge in [-0.25, -0.2) is 0 Å². The van der Waals surface area contributed by atoms with Gasteiger partial charge in [-0.1, -0.05) is 13.0 Å². The lowest BCUT2D eigenvalue weighted by atomic mass is 9.94.